The highest BCUT2D eigenvalue weighted by molar-refractivity contribution is 6.33. The van der Waals surface area contributed by atoms with Gasteiger partial charge in [-0.2, -0.15) is 0 Å². The molecule has 0 fully saturated rings. The maximum Gasteiger partial charge on any atom is 0.243 e. The van der Waals surface area contributed by atoms with Gasteiger partial charge in [-0.25, -0.2) is 0 Å². The molecule has 162 valence electrons. The lowest BCUT2D eigenvalue weighted by molar-refractivity contribution is -0.116. The van der Waals surface area contributed by atoms with Crippen LogP contribution in [-0.2, 0) is 14.3 Å². The van der Waals surface area contributed by atoms with Crippen LogP contribution >= 0.6 is 11.6 Å². The van der Waals surface area contributed by atoms with Gasteiger partial charge in [-0.15, -0.1) is 0 Å². The van der Waals surface area contributed by atoms with Crippen LogP contribution in [0.1, 0.15) is 26.7 Å². The minimum Gasteiger partial charge on any atom is -0.489 e. The van der Waals surface area contributed by atoms with Crippen LogP contribution in [0.25, 0.3) is 0 Å². The van der Waals surface area contributed by atoms with Crippen LogP contribution in [0.5, 0.6) is 5.75 Å². The lowest BCUT2D eigenvalue weighted by atomic mass is 10.2. The molecule has 2 rings (SSSR count). The number of nitrogens with one attached hydrogen (secondary N) is 3. The zero-order valence-corrected chi connectivity index (χ0v) is 18.1. The van der Waals surface area contributed by atoms with Gasteiger partial charge in [0.2, 0.25) is 11.8 Å². The lowest BCUT2D eigenvalue weighted by Gasteiger charge is -2.14. The van der Waals surface area contributed by atoms with Gasteiger partial charge in [0.15, 0.2) is 0 Å². The Hall–Kier alpha value is -2.77. The third-order valence-corrected chi connectivity index (χ3v) is 4.35. The van der Waals surface area contributed by atoms with E-state index in [0.717, 1.165) is 6.42 Å². The lowest BCUT2D eigenvalue weighted by Crippen LogP contribution is -2.22. The maximum atomic E-state index is 12.4. The smallest absolute Gasteiger partial charge is 0.243 e. The molecule has 2 aromatic carbocycles. The fourth-order valence-electron chi connectivity index (χ4n) is 2.61. The van der Waals surface area contributed by atoms with Crippen molar-refractivity contribution in [3.05, 3.63) is 47.5 Å². The third-order valence-electron chi connectivity index (χ3n) is 4.02. The van der Waals surface area contributed by atoms with Crippen molar-refractivity contribution in [3.8, 4) is 5.75 Å². The molecule has 0 unspecified atom stereocenters. The zero-order valence-electron chi connectivity index (χ0n) is 17.3. The Kier molecular flexibility index (Phi) is 9.97. The number of carbonyl (C=O) groups excluding carboxylic acids is 2. The molecule has 0 atom stereocenters. The van der Waals surface area contributed by atoms with Gasteiger partial charge in [0.1, 0.15) is 12.4 Å². The first-order chi connectivity index (χ1) is 14.5. The SMILES string of the molecule is CCCC(=O)Nc1ccc(Cl)c(NC(=O)CNc2ccccc2OCCOCC)c1. The van der Waals surface area contributed by atoms with Gasteiger partial charge in [-0.3, -0.25) is 9.59 Å². The van der Waals surface area contributed by atoms with E-state index in [-0.39, 0.29) is 18.4 Å². The fourth-order valence-corrected chi connectivity index (χ4v) is 2.78. The number of ether oxygens (including phenoxy) is 2. The number of hydrogen-bond acceptors (Lipinski definition) is 5. The number of carbonyl (C=O) groups is 2. The van der Waals surface area contributed by atoms with E-state index in [0.29, 0.717) is 54.1 Å². The van der Waals surface area contributed by atoms with Gasteiger partial charge >= 0.3 is 0 Å². The van der Waals surface area contributed by atoms with Crippen LogP contribution in [-0.4, -0.2) is 38.2 Å². The summed E-state index contributed by atoms with van der Waals surface area (Å²) in [7, 11) is 0. The largest absolute Gasteiger partial charge is 0.489 e. The van der Waals surface area contributed by atoms with Crippen LogP contribution in [0.4, 0.5) is 17.1 Å². The molecule has 0 heterocycles. The molecule has 0 saturated carbocycles. The number of hydrogen-bond donors (Lipinski definition) is 3. The quantitative estimate of drug-likeness (QED) is 0.427. The van der Waals surface area contributed by atoms with Crippen molar-refractivity contribution in [3.63, 3.8) is 0 Å². The summed E-state index contributed by atoms with van der Waals surface area (Å²) >= 11 is 6.18. The first kappa shape index (κ1) is 23.5. The first-order valence-electron chi connectivity index (χ1n) is 9.96. The average molecular weight is 434 g/mol. The molecule has 0 aromatic heterocycles. The Morgan fingerprint density at radius 2 is 1.77 bits per heavy atom. The van der Waals surface area contributed by atoms with Crippen molar-refractivity contribution in [2.45, 2.75) is 26.7 Å². The van der Waals surface area contributed by atoms with Gasteiger partial charge in [-0.05, 0) is 43.7 Å². The molecule has 7 nitrogen and oxygen atoms in total. The Balaban J connectivity index is 1.93. The van der Waals surface area contributed by atoms with Crippen molar-refractivity contribution in [1.82, 2.24) is 0 Å². The predicted molar refractivity (Wildman–Crippen MR) is 121 cm³/mol. The Morgan fingerprint density at radius 3 is 2.53 bits per heavy atom. The van der Waals surface area contributed by atoms with E-state index in [4.69, 9.17) is 21.1 Å². The van der Waals surface area contributed by atoms with E-state index >= 15 is 0 Å². The third kappa shape index (κ3) is 7.93. The first-order valence-corrected chi connectivity index (χ1v) is 10.3. The second-order valence-electron chi connectivity index (χ2n) is 6.44. The van der Waals surface area contributed by atoms with Gasteiger partial charge in [-0.1, -0.05) is 30.7 Å². The minimum absolute atomic E-state index is 0.0224. The van der Waals surface area contributed by atoms with Crippen LogP contribution in [0.15, 0.2) is 42.5 Å². The molecule has 0 aliphatic carbocycles. The molecule has 8 heteroatoms. The Bertz CT molecular complexity index is 845. The summed E-state index contributed by atoms with van der Waals surface area (Å²) in [5, 5.41) is 9.00. The normalized spacial score (nSPS) is 10.4. The van der Waals surface area contributed by atoms with Gasteiger partial charge in [0, 0.05) is 18.7 Å². The maximum absolute atomic E-state index is 12.4. The van der Waals surface area contributed by atoms with E-state index in [2.05, 4.69) is 16.0 Å². The standard InChI is InChI=1S/C22H28ClN3O4/c1-3-7-21(27)25-16-10-11-17(23)19(14-16)26-22(28)15-24-18-8-5-6-9-20(18)30-13-12-29-4-2/h5-6,8-11,14,24H,3-4,7,12-13,15H2,1-2H3,(H,25,27)(H,26,28). The minimum atomic E-state index is -0.280. The highest BCUT2D eigenvalue weighted by Gasteiger charge is 2.10. The number of rotatable bonds is 12. The molecule has 3 N–H and O–H groups in total. The summed E-state index contributed by atoms with van der Waals surface area (Å²) in [4.78, 5) is 24.2. The van der Waals surface area contributed by atoms with Crippen molar-refractivity contribution in [2.75, 3.05) is 42.3 Å². The molecular weight excluding hydrogens is 406 g/mol. The topological polar surface area (TPSA) is 88.7 Å². The molecular formula is C22H28ClN3O4. The Morgan fingerprint density at radius 1 is 0.967 bits per heavy atom. The monoisotopic (exact) mass is 433 g/mol. The fraction of sp³-hybridized carbons (Fsp3) is 0.364. The second-order valence-corrected chi connectivity index (χ2v) is 6.84. The van der Waals surface area contributed by atoms with Crippen molar-refractivity contribution in [1.29, 1.82) is 0 Å². The summed E-state index contributed by atoms with van der Waals surface area (Å²) in [6.07, 6.45) is 1.19. The van der Waals surface area contributed by atoms with E-state index < -0.39 is 0 Å². The molecule has 0 spiro atoms. The van der Waals surface area contributed by atoms with Crippen molar-refractivity contribution < 1.29 is 19.1 Å². The molecule has 0 bridgehead atoms. The highest BCUT2D eigenvalue weighted by atomic mass is 35.5. The predicted octanol–water partition coefficient (Wildman–Crippen LogP) is 4.54. The Labute approximate surface area is 182 Å². The van der Waals surface area contributed by atoms with Crippen LogP contribution in [0, 0.1) is 0 Å². The molecule has 2 aromatic rings. The summed E-state index contributed by atoms with van der Waals surface area (Å²) in [5.74, 6) is 0.279. The number of para-hydroxylation sites is 2. The second kappa shape index (κ2) is 12.7. The summed E-state index contributed by atoms with van der Waals surface area (Å²) in [6, 6.07) is 12.3. The number of amides is 2. The summed E-state index contributed by atoms with van der Waals surface area (Å²) in [6.45, 7) is 5.43. The van der Waals surface area contributed by atoms with Crippen LogP contribution < -0.4 is 20.7 Å². The van der Waals surface area contributed by atoms with E-state index in [1.807, 2.05) is 38.1 Å². The van der Waals surface area contributed by atoms with E-state index in [9.17, 15) is 9.59 Å². The molecule has 0 saturated heterocycles. The van der Waals surface area contributed by atoms with Crippen LogP contribution in [0.3, 0.4) is 0 Å². The molecule has 0 radical (unpaired) electrons. The van der Waals surface area contributed by atoms with Crippen LogP contribution in [0.2, 0.25) is 5.02 Å². The summed E-state index contributed by atoms with van der Waals surface area (Å²) < 4.78 is 11.0. The molecule has 0 aliphatic heterocycles. The van der Waals surface area contributed by atoms with Crippen molar-refractivity contribution >= 4 is 40.5 Å². The molecule has 2 amide bonds. The number of benzene rings is 2. The average Bonchev–Trinajstić information content (AvgIpc) is 2.73. The van der Waals surface area contributed by atoms with Gasteiger partial charge in [0.05, 0.1) is 29.5 Å². The van der Waals surface area contributed by atoms with Gasteiger partial charge < -0.3 is 25.4 Å². The number of halogens is 1. The van der Waals surface area contributed by atoms with E-state index in [1.54, 1.807) is 18.2 Å². The highest BCUT2D eigenvalue weighted by Crippen LogP contribution is 2.26. The molecule has 30 heavy (non-hydrogen) atoms. The van der Waals surface area contributed by atoms with Gasteiger partial charge in [0.25, 0.3) is 0 Å². The van der Waals surface area contributed by atoms with Crippen molar-refractivity contribution in [2.24, 2.45) is 0 Å². The molecule has 0 aliphatic rings. The summed E-state index contributed by atoms with van der Waals surface area (Å²) in [5.41, 5.74) is 1.71. The number of anilines is 3. The zero-order chi connectivity index (χ0) is 21.8. The van der Waals surface area contributed by atoms with E-state index in [1.165, 1.54) is 0 Å².